The average Bonchev–Trinajstić information content (AvgIpc) is 2.46. The van der Waals surface area contributed by atoms with E-state index in [1.165, 1.54) is 19.1 Å². The molecule has 3 rings (SSSR count). The lowest BCUT2D eigenvalue weighted by Crippen LogP contribution is -2.22. The Hall–Kier alpha value is -2.95. The molecule has 104 valence electrons. The number of phenols is 2. The number of hydrogen-bond donors (Lipinski definition) is 2. The number of carbonyl (C=O) groups excluding carboxylic acids is 3. The van der Waals surface area contributed by atoms with Crippen molar-refractivity contribution < 1.29 is 24.6 Å². The number of ketones is 3. The van der Waals surface area contributed by atoms with Crippen molar-refractivity contribution in [2.45, 2.75) is 6.92 Å². The lowest BCUT2D eigenvalue weighted by atomic mass is 9.82. The van der Waals surface area contributed by atoms with Gasteiger partial charge in [-0.3, -0.25) is 14.4 Å². The van der Waals surface area contributed by atoms with Gasteiger partial charge in [-0.05, 0) is 13.0 Å². The van der Waals surface area contributed by atoms with Crippen LogP contribution in [-0.4, -0.2) is 27.6 Å². The van der Waals surface area contributed by atoms with Crippen molar-refractivity contribution in [2.24, 2.45) is 0 Å². The van der Waals surface area contributed by atoms with E-state index in [-0.39, 0.29) is 27.8 Å². The summed E-state index contributed by atoms with van der Waals surface area (Å²) >= 11 is 0. The van der Waals surface area contributed by atoms with Crippen LogP contribution in [0.1, 0.15) is 49.1 Å². The molecule has 21 heavy (non-hydrogen) atoms. The molecule has 2 aromatic rings. The number of Topliss-reactive ketones (excluding diaryl/α,β-unsaturated/α-hetero) is 1. The van der Waals surface area contributed by atoms with Crippen LogP contribution < -0.4 is 0 Å². The number of carbonyl (C=O) groups is 3. The van der Waals surface area contributed by atoms with Gasteiger partial charge in [0.15, 0.2) is 17.3 Å². The van der Waals surface area contributed by atoms with Crippen LogP contribution in [0.5, 0.6) is 11.5 Å². The molecule has 0 saturated carbocycles. The summed E-state index contributed by atoms with van der Waals surface area (Å²) in [7, 11) is 0. The molecule has 1 aliphatic rings. The first-order valence-corrected chi connectivity index (χ1v) is 6.21. The Morgan fingerprint density at radius 1 is 0.952 bits per heavy atom. The quantitative estimate of drug-likeness (QED) is 0.526. The van der Waals surface area contributed by atoms with Crippen molar-refractivity contribution in [1.29, 1.82) is 0 Å². The van der Waals surface area contributed by atoms with Gasteiger partial charge in [0, 0.05) is 11.1 Å². The third-order valence-electron chi connectivity index (χ3n) is 3.53. The Morgan fingerprint density at radius 2 is 1.48 bits per heavy atom. The second kappa shape index (κ2) is 4.28. The lowest BCUT2D eigenvalue weighted by Gasteiger charge is -2.20. The van der Waals surface area contributed by atoms with Gasteiger partial charge in [-0.2, -0.15) is 0 Å². The van der Waals surface area contributed by atoms with E-state index in [0.29, 0.717) is 0 Å². The van der Waals surface area contributed by atoms with Crippen LogP contribution in [0.4, 0.5) is 0 Å². The second-order valence-corrected chi connectivity index (χ2v) is 4.80. The minimum Gasteiger partial charge on any atom is -0.507 e. The zero-order valence-corrected chi connectivity index (χ0v) is 11.0. The topological polar surface area (TPSA) is 91.7 Å². The third-order valence-corrected chi connectivity index (χ3v) is 3.53. The predicted molar refractivity (Wildman–Crippen MR) is 73.1 cm³/mol. The molecule has 5 nitrogen and oxygen atoms in total. The van der Waals surface area contributed by atoms with E-state index in [1.54, 1.807) is 12.1 Å². The summed E-state index contributed by atoms with van der Waals surface area (Å²) in [6.45, 7) is 1.20. The summed E-state index contributed by atoms with van der Waals surface area (Å²) in [5.41, 5.74) is -0.456. The van der Waals surface area contributed by atoms with Gasteiger partial charge in [-0.1, -0.05) is 24.3 Å². The Balaban J connectivity index is 2.41. The maximum absolute atomic E-state index is 12.5. The molecule has 0 aromatic heterocycles. The van der Waals surface area contributed by atoms with Gasteiger partial charge >= 0.3 is 0 Å². The first-order valence-electron chi connectivity index (χ1n) is 6.21. The second-order valence-electron chi connectivity index (χ2n) is 4.80. The number of benzene rings is 2. The molecule has 0 unspecified atom stereocenters. The first-order chi connectivity index (χ1) is 9.93. The maximum atomic E-state index is 12.5. The van der Waals surface area contributed by atoms with Gasteiger partial charge in [-0.15, -0.1) is 0 Å². The van der Waals surface area contributed by atoms with Crippen molar-refractivity contribution in [1.82, 2.24) is 0 Å². The molecule has 5 heteroatoms. The van der Waals surface area contributed by atoms with E-state index < -0.39 is 28.8 Å². The van der Waals surface area contributed by atoms with E-state index in [2.05, 4.69) is 0 Å². The van der Waals surface area contributed by atoms with Gasteiger partial charge in [0.05, 0.1) is 16.7 Å². The molecule has 0 atom stereocenters. The first kappa shape index (κ1) is 13.1. The average molecular weight is 282 g/mol. The highest BCUT2D eigenvalue weighted by atomic mass is 16.3. The van der Waals surface area contributed by atoms with Crippen LogP contribution in [-0.2, 0) is 0 Å². The van der Waals surface area contributed by atoms with Crippen molar-refractivity contribution >= 4 is 17.3 Å². The van der Waals surface area contributed by atoms with Crippen molar-refractivity contribution in [3.05, 3.63) is 58.1 Å². The fraction of sp³-hybridized carbons (Fsp3) is 0.0625. The van der Waals surface area contributed by atoms with Gasteiger partial charge in [0.2, 0.25) is 0 Å². The minimum atomic E-state index is -0.587. The minimum absolute atomic E-state index is 0.144. The third kappa shape index (κ3) is 1.67. The number of aromatic hydroxyl groups is 2. The lowest BCUT2D eigenvalue weighted by molar-refractivity contribution is 0.0971. The van der Waals surface area contributed by atoms with E-state index in [4.69, 9.17) is 0 Å². The van der Waals surface area contributed by atoms with E-state index >= 15 is 0 Å². The molecule has 0 amide bonds. The Kier molecular flexibility index (Phi) is 2.66. The molecule has 1 aliphatic carbocycles. The molecular formula is C16H10O5. The molecule has 2 aromatic carbocycles. The van der Waals surface area contributed by atoms with Crippen molar-refractivity contribution in [3.8, 4) is 11.5 Å². The van der Waals surface area contributed by atoms with Crippen LogP contribution in [0, 0.1) is 0 Å². The SMILES string of the molecule is CC(=O)c1cc(O)c2c(c1O)C(=O)c1ccccc1C2=O. The number of hydrogen-bond acceptors (Lipinski definition) is 5. The highest BCUT2D eigenvalue weighted by Crippen LogP contribution is 2.39. The van der Waals surface area contributed by atoms with Gasteiger partial charge < -0.3 is 10.2 Å². The molecule has 0 radical (unpaired) electrons. The van der Waals surface area contributed by atoms with E-state index in [9.17, 15) is 24.6 Å². The smallest absolute Gasteiger partial charge is 0.198 e. The number of phenolic OH excluding ortho intramolecular Hbond substituents is 2. The van der Waals surface area contributed by atoms with Crippen molar-refractivity contribution in [2.75, 3.05) is 0 Å². The Bertz CT molecular complexity index is 833. The number of rotatable bonds is 1. The molecule has 0 saturated heterocycles. The highest BCUT2D eigenvalue weighted by molar-refractivity contribution is 6.30. The normalized spacial score (nSPS) is 12.8. The summed E-state index contributed by atoms with van der Waals surface area (Å²) in [6.07, 6.45) is 0. The summed E-state index contributed by atoms with van der Waals surface area (Å²) < 4.78 is 0. The zero-order valence-electron chi connectivity index (χ0n) is 11.0. The molecule has 0 fully saturated rings. The fourth-order valence-electron chi connectivity index (χ4n) is 2.53. The molecule has 0 bridgehead atoms. The molecule has 2 N–H and O–H groups in total. The Labute approximate surface area is 119 Å². The van der Waals surface area contributed by atoms with Crippen LogP contribution in [0.25, 0.3) is 0 Å². The monoisotopic (exact) mass is 282 g/mol. The molecule has 0 heterocycles. The fourth-order valence-corrected chi connectivity index (χ4v) is 2.53. The summed E-state index contributed by atoms with van der Waals surface area (Å²) in [5.74, 6) is -2.70. The summed E-state index contributed by atoms with van der Waals surface area (Å²) in [5, 5.41) is 20.1. The highest BCUT2D eigenvalue weighted by Gasteiger charge is 2.35. The van der Waals surface area contributed by atoms with Crippen LogP contribution in [0.2, 0.25) is 0 Å². The van der Waals surface area contributed by atoms with Crippen LogP contribution in [0.3, 0.4) is 0 Å². The molecule has 0 aliphatic heterocycles. The van der Waals surface area contributed by atoms with Gasteiger partial charge in [-0.25, -0.2) is 0 Å². The van der Waals surface area contributed by atoms with Crippen LogP contribution >= 0.6 is 0 Å². The Morgan fingerprint density at radius 3 is 2.00 bits per heavy atom. The van der Waals surface area contributed by atoms with Gasteiger partial charge in [0.25, 0.3) is 0 Å². The summed E-state index contributed by atoms with van der Waals surface area (Å²) in [6, 6.07) is 7.16. The predicted octanol–water partition coefficient (Wildman–Crippen LogP) is 2.08. The zero-order chi connectivity index (χ0) is 15.3. The van der Waals surface area contributed by atoms with E-state index in [0.717, 1.165) is 6.07 Å². The molecular weight excluding hydrogens is 272 g/mol. The van der Waals surface area contributed by atoms with Crippen LogP contribution in [0.15, 0.2) is 30.3 Å². The van der Waals surface area contributed by atoms with E-state index in [1.807, 2.05) is 0 Å². The number of fused-ring (bicyclic) bond motifs is 2. The standard InChI is InChI=1S/C16H10O5/c1-7(17)10-6-11(18)12-13(16(10)21)15(20)9-5-3-2-4-8(9)14(12)19/h2-6,18,21H,1H3. The largest absolute Gasteiger partial charge is 0.507 e. The maximum Gasteiger partial charge on any atom is 0.198 e. The van der Waals surface area contributed by atoms with Gasteiger partial charge in [0.1, 0.15) is 11.5 Å². The molecule has 0 spiro atoms. The van der Waals surface area contributed by atoms with Crippen molar-refractivity contribution in [3.63, 3.8) is 0 Å². The summed E-state index contributed by atoms with van der Waals surface area (Å²) in [4.78, 5) is 36.3.